The van der Waals surface area contributed by atoms with E-state index in [9.17, 15) is 14.4 Å². The zero-order valence-electron chi connectivity index (χ0n) is 14.3. The standard InChI is InChI=1S/C18H27N3O3/c22-15-9-14(11-20(15)10-13-5-6-13)12-21-16(23)18(19-17(21)24)7-3-1-2-4-8-18/h13-14H,1-12H2,(H,19,24). The molecule has 2 saturated heterocycles. The molecule has 6 nitrogen and oxygen atoms in total. The number of likely N-dealkylation sites (tertiary alicyclic amines) is 1. The molecule has 2 aliphatic carbocycles. The molecule has 0 aromatic heterocycles. The first-order valence-corrected chi connectivity index (χ1v) is 9.49. The quantitative estimate of drug-likeness (QED) is 0.799. The van der Waals surface area contributed by atoms with Crippen molar-refractivity contribution in [1.82, 2.24) is 15.1 Å². The topological polar surface area (TPSA) is 69.7 Å². The maximum absolute atomic E-state index is 12.9. The first kappa shape index (κ1) is 15.9. The Morgan fingerprint density at radius 3 is 2.33 bits per heavy atom. The second kappa shape index (κ2) is 6.05. The van der Waals surface area contributed by atoms with E-state index in [0.717, 1.165) is 45.1 Å². The summed E-state index contributed by atoms with van der Waals surface area (Å²) in [6.45, 7) is 1.94. The third-order valence-electron chi connectivity index (χ3n) is 6.11. The average molecular weight is 333 g/mol. The third-order valence-corrected chi connectivity index (χ3v) is 6.11. The van der Waals surface area contributed by atoms with Crippen molar-refractivity contribution in [3.63, 3.8) is 0 Å². The van der Waals surface area contributed by atoms with Crippen molar-refractivity contribution in [2.75, 3.05) is 19.6 Å². The summed E-state index contributed by atoms with van der Waals surface area (Å²) in [6.07, 6.45) is 8.70. The molecule has 1 spiro atoms. The molecule has 0 aromatic rings. The van der Waals surface area contributed by atoms with Crippen LogP contribution in [-0.4, -0.2) is 52.8 Å². The van der Waals surface area contributed by atoms with Gasteiger partial charge in [-0.25, -0.2) is 4.79 Å². The van der Waals surface area contributed by atoms with Crippen LogP contribution in [0.4, 0.5) is 4.79 Å². The zero-order valence-corrected chi connectivity index (χ0v) is 14.3. The fraction of sp³-hybridized carbons (Fsp3) is 0.833. The van der Waals surface area contributed by atoms with Gasteiger partial charge in [0, 0.05) is 32.0 Å². The maximum Gasteiger partial charge on any atom is 0.325 e. The summed E-state index contributed by atoms with van der Waals surface area (Å²) in [4.78, 5) is 40.8. The number of imide groups is 1. The lowest BCUT2D eigenvalue weighted by atomic mass is 9.90. The average Bonchev–Trinajstić information content (AvgIpc) is 3.29. The number of nitrogens with one attached hydrogen (secondary N) is 1. The molecular formula is C18H27N3O3. The Morgan fingerprint density at radius 1 is 0.958 bits per heavy atom. The molecule has 4 fully saturated rings. The highest BCUT2D eigenvalue weighted by atomic mass is 16.2. The number of hydrogen-bond donors (Lipinski definition) is 1. The summed E-state index contributed by atoms with van der Waals surface area (Å²) in [6, 6.07) is -0.255. The van der Waals surface area contributed by atoms with Gasteiger partial charge in [0.1, 0.15) is 5.54 Å². The highest BCUT2D eigenvalue weighted by Gasteiger charge is 2.51. The lowest BCUT2D eigenvalue weighted by molar-refractivity contribution is -0.132. The van der Waals surface area contributed by atoms with Crippen LogP contribution in [0.1, 0.15) is 57.8 Å². The van der Waals surface area contributed by atoms with Gasteiger partial charge in [0.05, 0.1) is 0 Å². The second-order valence-electron chi connectivity index (χ2n) is 8.15. The van der Waals surface area contributed by atoms with Crippen molar-refractivity contribution in [3.05, 3.63) is 0 Å². The van der Waals surface area contributed by atoms with E-state index in [2.05, 4.69) is 5.32 Å². The molecule has 1 unspecified atom stereocenters. The molecule has 6 heteroatoms. The summed E-state index contributed by atoms with van der Waals surface area (Å²) >= 11 is 0. The fourth-order valence-corrected chi connectivity index (χ4v) is 4.54. The largest absolute Gasteiger partial charge is 0.342 e. The number of carbonyl (C=O) groups is 3. The number of urea groups is 1. The normalized spacial score (nSPS) is 30.2. The van der Waals surface area contributed by atoms with Gasteiger partial charge in [-0.05, 0) is 31.6 Å². The maximum atomic E-state index is 12.9. The molecule has 0 aromatic carbocycles. The molecule has 0 radical (unpaired) electrons. The first-order chi connectivity index (χ1) is 11.6. The summed E-state index contributed by atoms with van der Waals surface area (Å²) in [5.41, 5.74) is -0.663. The van der Waals surface area contributed by atoms with E-state index >= 15 is 0 Å². The second-order valence-corrected chi connectivity index (χ2v) is 8.15. The SMILES string of the molecule is O=C1CC(CN2C(=O)NC3(CCCCCC3)C2=O)CN1CC1CC1. The van der Waals surface area contributed by atoms with E-state index in [1.165, 1.54) is 17.7 Å². The zero-order chi connectivity index (χ0) is 16.7. The number of carbonyl (C=O) groups excluding carboxylic acids is 3. The lowest BCUT2D eigenvalue weighted by Gasteiger charge is -2.25. The summed E-state index contributed by atoms with van der Waals surface area (Å²) < 4.78 is 0. The molecule has 0 bridgehead atoms. The molecule has 4 amide bonds. The first-order valence-electron chi connectivity index (χ1n) is 9.49. The van der Waals surface area contributed by atoms with Crippen LogP contribution in [0.3, 0.4) is 0 Å². The van der Waals surface area contributed by atoms with Crippen LogP contribution in [0.25, 0.3) is 0 Å². The van der Waals surface area contributed by atoms with E-state index in [4.69, 9.17) is 0 Å². The minimum Gasteiger partial charge on any atom is -0.342 e. The van der Waals surface area contributed by atoms with Gasteiger partial charge in [0.2, 0.25) is 5.91 Å². The Bertz CT molecular complexity index is 550. The molecule has 2 aliphatic heterocycles. The van der Waals surface area contributed by atoms with Crippen molar-refractivity contribution < 1.29 is 14.4 Å². The van der Waals surface area contributed by atoms with E-state index in [0.29, 0.717) is 25.4 Å². The van der Waals surface area contributed by atoms with Crippen LogP contribution in [0, 0.1) is 11.8 Å². The van der Waals surface area contributed by atoms with Crippen LogP contribution in [-0.2, 0) is 9.59 Å². The highest BCUT2D eigenvalue weighted by molar-refractivity contribution is 6.07. The molecule has 24 heavy (non-hydrogen) atoms. The number of amides is 4. The molecule has 2 saturated carbocycles. The minimum atomic E-state index is -0.663. The van der Waals surface area contributed by atoms with Gasteiger partial charge in [0.25, 0.3) is 5.91 Å². The van der Waals surface area contributed by atoms with Gasteiger partial charge >= 0.3 is 6.03 Å². The Kier molecular flexibility index (Phi) is 4.01. The molecule has 1 atom stereocenters. The summed E-state index contributed by atoms with van der Waals surface area (Å²) in [5, 5.41) is 2.99. The predicted octanol–water partition coefficient (Wildman–Crippen LogP) is 1.89. The molecule has 4 aliphatic rings. The van der Waals surface area contributed by atoms with Crippen LogP contribution in [0.15, 0.2) is 0 Å². The van der Waals surface area contributed by atoms with E-state index in [1.807, 2.05) is 4.90 Å². The van der Waals surface area contributed by atoms with Crippen LogP contribution >= 0.6 is 0 Å². The van der Waals surface area contributed by atoms with Gasteiger partial charge in [-0.1, -0.05) is 25.7 Å². The van der Waals surface area contributed by atoms with E-state index in [-0.39, 0.29) is 23.8 Å². The Balaban J connectivity index is 1.40. The van der Waals surface area contributed by atoms with Crippen molar-refractivity contribution in [3.8, 4) is 0 Å². The minimum absolute atomic E-state index is 0.0532. The monoisotopic (exact) mass is 333 g/mol. The Labute approximate surface area is 142 Å². The number of hydrogen-bond acceptors (Lipinski definition) is 3. The van der Waals surface area contributed by atoms with Crippen molar-refractivity contribution >= 4 is 17.8 Å². The lowest BCUT2D eigenvalue weighted by Crippen LogP contribution is -2.46. The molecule has 1 N–H and O–H groups in total. The van der Waals surface area contributed by atoms with Gasteiger partial charge in [-0.3, -0.25) is 14.5 Å². The predicted molar refractivity (Wildman–Crippen MR) is 88.1 cm³/mol. The molecule has 2 heterocycles. The summed E-state index contributed by atoms with van der Waals surface area (Å²) in [7, 11) is 0. The Hall–Kier alpha value is -1.59. The number of nitrogens with zero attached hydrogens (tertiary/aromatic N) is 2. The van der Waals surface area contributed by atoms with Crippen molar-refractivity contribution in [2.45, 2.75) is 63.3 Å². The smallest absolute Gasteiger partial charge is 0.325 e. The molecule has 132 valence electrons. The van der Waals surface area contributed by atoms with Gasteiger partial charge in [0.15, 0.2) is 0 Å². The van der Waals surface area contributed by atoms with Gasteiger partial charge in [-0.15, -0.1) is 0 Å². The fourth-order valence-electron chi connectivity index (χ4n) is 4.54. The van der Waals surface area contributed by atoms with Crippen LogP contribution < -0.4 is 5.32 Å². The van der Waals surface area contributed by atoms with Crippen molar-refractivity contribution in [2.24, 2.45) is 11.8 Å². The van der Waals surface area contributed by atoms with Gasteiger partial charge in [-0.2, -0.15) is 0 Å². The van der Waals surface area contributed by atoms with Crippen molar-refractivity contribution in [1.29, 1.82) is 0 Å². The van der Waals surface area contributed by atoms with E-state index in [1.54, 1.807) is 0 Å². The van der Waals surface area contributed by atoms with Crippen LogP contribution in [0.5, 0.6) is 0 Å². The van der Waals surface area contributed by atoms with Crippen LogP contribution in [0.2, 0.25) is 0 Å². The summed E-state index contributed by atoms with van der Waals surface area (Å²) in [5.74, 6) is 0.899. The number of rotatable bonds is 4. The molecular weight excluding hydrogens is 306 g/mol. The van der Waals surface area contributed by atoms with Gasteiger partial charge < -0.3 is 10.2 Å². The third kappa shape index (κ3) is 2.91. The molecule has 4 rings (SSSR count). The van der Waals surface area contributed by atoms with E-state index < -0.39 is 5.54 Å². The Morgan fingerprint density at radius 2 is 1.67 bits per heavy atom. The highest BCUT2D eigenvalue weighted by Crippen LogP contribution is 2.35.